The van der Waals surface area contributed by atoms with E-state index in [1.54, 1.807) is 27.1 Å². The fraction of sp³-hybridized carbons (Fsp3) is 0.261. The van der Waals surface area contributed by atoms with Crippen LogP contribution in [-0.4, -0.2) is 49.5 Å². The van der Waals surface area contributed by atoms with Gasteiger partial charge in [-0.1, -0.05) is 31.5 Å². The summed E-state index contributed by atoms with van der Waals surface area (Å²) >= 11 is 0. The zero-order chi connectivity index (χ0) is 23.5. The van der Waals surface area contributed by atoms with Gasteiger partial charge in [0.1, 0.15) is 6.33 Å². The molecule has 172 valence electrons. The van der Waals surface area contributed by atoms with Gasteiger partial charge in [0.25, 0.3) is 0 Å². The Bertz CT molecular complexity index is 1460. The lowest BCUT2D eigenvalue weighted by Gasteiger charge is -2.09. The molecule has 0 atom stereocenters. The second kappa shape index (κ2) is 9.22. The normalized spacial score (nSPS) is 11.2. The van der Waals surface area contributed by atoms with Gasteiger partial charge in [0.2, 0.25) is 5.95 Å². The Kier molecular flexibility index (Phi) is 5.81. The molecule has 34 heavy (non-hydrogen) atoms. The number of nitrogens with one attached hydrogen (secondary N) is 1. The van der Waals surface area contributed by atoms with Crippen LogP contribution in [0.25, 0.3) is 28.5 Å². The van der Waals surface area contributed by atoms with E-state index in [1.807, 2.05) is 42.6 Å². The van der Waals surface area contributed by atoms with E-state index < -0.39 is 0 Å². The average molecular weight is 457 g/mol. The second-order valence-corrected chi connectivity index (χ2v) is 8.01. The van der Waals surface area contributed by atoms with Crippen LogP contribution in [-0.2, 0) is 20.0 Å². The van der Waals surface area contributed by atoms with E-state index in [1.165, 1.54) is 6.33 Å². The quantitative estimate of drug-likeness (QED) is 0.380. The lowest BCUT2D eigenvalue weighted by Crippen LogP contribution is -2.26. The van der Waals surface area contributed by atoms with Crippen molar-refractivity contribution >= 4 is 0 Å². The Hall–Kier alpha value is -4.41. The number of hydrogen-bond acceptors (Lipinski definition) is 7. The van der Waals surface area contributed by atoms with Crippen molar-refractivity contribution in [2.75, 3.05) is 0 Å². The third-order valence-corrected chi connectivity index (χ3v) is 5.70. The van der Waals surface area contributed by atoms with E-state index in [2.05, 4.69) is 42.6 Å². The zero-order valence-electron chi connectivity index (χ0n) is 19.0. The Labute approximate surface area is 195 Å². The highest BCUT2D eigenvalue weighted by atomic mass is 16.2. The fourth-order valence-corrected chi connectivity index (χ4v) is 3.94. The van der Waals surface area contributed by atoms with Crippen molar-refractivity contribution in [3.63, 3.8) is 0 Å². The Morgan fingerprint density at radius 3 is 2.68 bits per heavy atom. The van der Waals surface area contributed by atoms with Crippen LogP contribution in [0.1, 0.15) is 31.2 Å². The number of hydrogen-bond donors (Lipinski definition) is 1. The molecule has 5 aromatic rings. The number of aromatic amines is 1. The molecule has 4 aromatic heterocycles. The van der Waals surface area contributed by atoms with Crippen LogP contribution >= 0.6 is 0 Å². The largest absolute Gasteiger partial charge is 0.335 e. The maximum absolute atomic E-state index is 13.3. The summed E-state index contributed by atoms with van der Waals surface area (Å²) < 4.78 is 4.91. The molecule has 11 nitrogen and oxygen atoms in total. The Balaban J connectivity index is 1.49. The molecule has 0 unspecified atom stereocenters. The summed E-state index contributed by atoms with van der Waals surface area (Å²) in [5.41, 5.74) is 4.47. The van der Waals surface area contributed by atoms with Crippen LogP contribution in [0.15, 0.2) is 59.9 Å². The molecular formula is C23H24N10O. The van der Waals surface area contributed by atoms with Crippen LogP contribution < -0.4 is 5.69 Å². The molecule has 0 aliphatic rings. The van der Waals surface area contributed by atoms with E-state index >= 15 is 0 Å². The van der Waals surface area contributed by atoms with Crippen molar-refractivity contribution in [3.05, 3.63) is 77.0 Å². The zero-order valence-corrected chi connectivity index (χ0v) is 19.0. The molecule has 11 heteroatoms. The molecule has 5 rings (SSSR count). The van der Waals surface area contributed by atoms with Crippen molar-refractivity contribution < 1.29 is 0 Å². The van der Waals surface area contributed by atoms with Gasteiger partial charge in [0.15, 0.2) is 5.82 Å². The van der Waals surface area contributed by atoms with Gasteiger partial charge in [-0.25, -0.2) is 19.1 Å². The number of rotatable bonds is 8. The molecule has 0 aliphatic carbocycles. The van der Waals surface area contributed by atoms with Crippen molar-refractivity contribution in [2.24, 2.45) is 7.05 Å². The van der Waals surface area contributed by atoms with Crippen molar-refractivity contribution in [1.82, 2.24) is 49.5 Å². The van der Waals surface area contributed by atoms with E-state index in [4.69, 9.17) is 0 Å². The van der Waals surface area contributed by atoms with Gasteiger partial charge >= 0.3 is 5.69 Å². The minimum Gasteiger partial charge on any atom is -0.290 e. The first-order chi connectivity index (χ1) is 16.6. The molecule has 1 N–H and O–H groups in total. The number of aromatic nitrogens is 10. The first-order valence-corrected chi connectivity index (χ1v) is 11.1. The van der Waals surface area contributed by atoms with Gasteiger partial charge in [-0.2, -0.15) is 10.1 Å². The average Bonchev–Trinajstić information content (AvgIpc) is 3.60. The first kappa shape index (κ1) is 21.4. The minimum absolute atomic E-state index is 0.158. The van der Waals surface area contributed by atoms with Crippen molar-refractivity contribution in [2.45, 2.75) is 32.7 Å². The molecule has 0 spiro atoms. The van der Waals surface area contributed by atoms with Gasteiger partial charge in [-0.15, -0.1) is 5.10 Å². The molecule has 0 fully saturated rings. The van der Waals surface area contributed by atoms with Crippen LogP contribution in [0.4, 0.5) is 0 Å². The third kappa shape index (κ3) is 4.15. The van der Waals surface area contributed by atoms with Crippen LogP contribution in [0.2, 0.25) is 0 Å². The lowest BCUT2D eigenvalue weighted by atomic mass is 10.0. The van der Waals surface area contributed by atoms with Gasteiger partial charge in [0, 0.05) is 30.7 Å². The number of aryl methyl sites for hydroxylation is 2. The van der Waals surface area contributed by atoms with Crippen LogP contribution in [0.3, 0.4) is 0 Å². The Morgan fingerprint density at radius 1 is 1.06 bits per heavy atom. The summed E-state index contributed by atoms with van der Waals surface area (Å²) in [6, 6.07) is 11.9. The number of imidazole rings is 1. The maximum Gasteiger partial charge on any atom is 0.335 e. The second-order valence-electron chi connectivity index (χ2n) is 8.01. The summed E-state index contributed by atoms with van der Waals surface area (Å²) in [5, 5.41) is 18.2. The predicted molar refractivity (Wildman–Crippen MR) is 125 cm³/mol. The number of unbranched alkanes of at least 4 members (excludes halogenated alkanes) is 1. The Morgan fingerprint density at radius 2 is 1.91 bits per heavy atom. The first-order valence-electron chi connectivity index (χ1n) is 11.1. The van der Waals surface area contributed by atoms with E-state index in [-0.39, 0.29) is 5.69 Å². The number of pyridine rings is 1. The molecule has 0 radical (unpaired) electrons. The summed E-state index contributed by atoms with van der Waals surface area (Å²) in [4.78, 5) is 22.1. The monoisotopic (exact) mass is 456 g/mol. The molecular weight excluding hydrogens is 432 g/mol. The number of benzene rings is 1. The van der Waals surface area contributed by atoms with Crippen LogP contribution in [0.5, 0.6) is 0 Å². The SMILES string of the molecule is CCCCc1cn(-c2ncnn2C)c(=O)n1Cc1cc(-c2cccc(-c3nnn[nH]3)c2)ccn1. The molecule has 4 heterocycles. The summed E-state index contributed by atoms with van der Waals surface area (Å²) in [6.45, 7) is 2.50. The number of nitrogens with zero attached hydrogens (tertiary/aromatic N) is 9. The standard InChI is InChI=1S/C23H24N10O/c1-3-4-8-20-14-33(22-25-15-26-31(22)2)23(34)32(20)13-19-12-17(9-10-24-19)16-6-5-7-18(11-16)21-27-29-30-28-21/h5-7,9-12,14-15H,3-4,8,13H2,1-2H3,(H,27,28,29,30). The summed E-state index contributed by atoms with van der Waals surface area (Å²) in [5.74, 6) is 1.09. The van der Waals surface area contributed by atoms with Gasteiger partial charge in [0.05, 0.1) is 12.2 Å². The predicted octanol–water partition coefficient (Wildman–Crippen LogP) is 2.40. The van der Waals surface area contributed by atoms with Gasteiger partial charge < -0.3 is 0 Å². The van der Waals surface area contributed by atoms with Gasteiger partial charge in [-0.05, 0) is 52.6 Å². The molecule has 1 aromatic carbocycles. The highest BCUT2D eigenvalue weighted by Gasteiger charge is 2.16. The van der Waals surface area contributed by atoms with E-state index in [0.717, 1.165) is 47.3 Å². The molecule has 0 saturated heterocycles. The maximum atomic E-state index is 13.3. The van der Waals surface area contributed by atoms with E-state index in [0.29, 0.717) is 18.3 Å². The van der Waals surface area contributed by atoms with Crippen LogP contribution in [0, 0.1) is 0 Å². The topological polar surface area (TPSA) is 125 Å². The number of H-pyrrole nitrogens is 1. The minimum atomic E-state index is -0.158. The number of tetrazole rings is 1. The van der Waals surface area contributed by atoms with Crippen molar-refractivity contribution in [3.8, 4) is 28.5 Å². The molecule has 0 bridgehead atoms. The van der Waals surface area contributed by atoms with Crippen molar-refractivity contribution in [1.29, 1.82) is 0 Å². The summed E-state index contributed by atoms with van der Waals surface area (Å²) in [6.07, 6.45) is 7.89. The fourth-order valence-electron chi connectivity index (χ4n) is 3.94. The third-order valence-electron chi connectivity index (χ3n) is 5.70. The highest BCUT2D eigenvalue weighted by molar-refractivity contribution is 5.70. The lowest BCUT2D eigenvalue weighted by molar-refractivity contribution is 0.654. The smallest absolute Gasteiger partial charge is 0.290 e. The summed E-state index contributed by atoms with van der Waals surface area (Å²) in [7, 11) is 1.77. The highest BCUT2D eigenvalue weighted by Crippen LogP contribution is 2.24. The molecule has 0 amide bonds. The van der Waals surface area contributed by atoms with E-state index in [9.17, 15) is 4.79 Å². The molecule has 0 aliphatic heterocycles. The molecule has 0 saturated carbocycles. The van der Waals surface area contributed by atoms with Gasteiger partial charge in [-0.3, -0.25) is 9.55 Å².